The standard InChI is InChI=1S/C19H22N4O4/c1-26-14-11-15(27-2)22-16(21-14)12-5-7-13(8-6-12)17(24)23-19(18(20)25)9-3-4-10-19/h5-8,11H,3-4,9-10H2,1-2H3,(H2,20,25)(H,23,24). The van der Waals surface area contributed by atoms with Crippen LogP contribution in [0.2, 0.25) is 0 Å². The zero-order valence-corrected chi connectivity index (χ0v) is 15.3. The molecule has 1 aromatic carbocycles. The number of rotatable bonds is 6. The molecule has 0 unspecified atom stereocenters. The molecule has 2 aromatic rings. The molecule has 0 atom stereocenters. The minimum atomic E-state index is -0.945. The van der Waals surface area contributed by atoms with Crippen molar-refractivity contribution in [2.24, 2.45) is 5.73 Å². The van der Waals surface area contributed by atoms with Crippen LogP contribution in [-0.2, 0) is 4.79 Å². The van der Waals surface area contributed by atoms with Crippen molar-refractivity contribution >= 4 is 11.8 Å². The lowest BCUT2D eigenvalue weighted by molar-refractivity contribution is -0.123. The molecule has 2 amide bonds. The third-order valence-corrected chi connectivity index (χ3v) is 4.78. The maximum Gasteiger partial charge on any atom is 0.252 e. The number of primary amides is 1. The van der Waals surface area contributed by atoms with E-state index in [0.29, 0.717) is 41.6 Å². The Bertz CT molecular complexity index is 823. The maximum atomic E-state index is 12.6. The molecule has 8 heteroatoms. The Hall–Kier alpha value is -3.16. The Balaban J connectivity index is 1.81. The van der Waals surface area contributed by atoms with E-state index in [2.05, 4.69) is 15.3 Å². The third kappa shape index (κ3) is 3.84. The molecular formula is C19H22N4O4. The molecule has 0 bridgehead atoms. The first-order chi connectivity index (χ1) is 13.0. The van der Waals surface area contributed by atoms with Gasteiger partial charge in [-0.2, -0.15) is 9.97 Å². The van der Waals surface area contributed by atoms with Crippen molar-refractivity contribution in [2.45, 2.75) is 31.2 Å². The van der Waals surface area contributed by atoms with Crippen LogP contribution in [0.5, 0.6) is 11.8 Å². The van der Waals surface area contributed by atoms with Gasteiger partial charge in [-0.3, -0.25) is 9.59 Å². The predicted octanol–water partition coefficient (Wildman–Crippen LogP) is 1.69. The zero-order valence-electron chi connectivity index (χ0n) is 15.3. The lowest BCUT2D eigenvalue weighted by Crippen LogP contribution is -2.55. The highest BCUT2D eigenvalue weighted by molar-refractivity contribution is 5.99. The summed E-state index contributed by atoms with van der Waals surface area (Å²) in [5.41, 5.74) is 5.71. The molecule has 0 spiro atoms. The lowest BCUT2D eigenvalue weighted by atomic mass is 9.96. The molecule has 27 heavy (non-hydrogen) atoms. The minimum Gasteiger partial charge on any atom is -0.481 e. The highest BCUT2D eigenvalue weighted by Crippen LogP contribution is 2.30. The second kappa shape index (κ2) is 7.61. The van der Waals surface area contributed by atoms with E-state index in [1.54, 1.807) is 30.3 Å². The highest BCUT2D eigenvalue weighted by Gasteiger charge is 2.40. The van der Waals surface area contributed by atoms with Gasteiger partial charge in [-0.15, -0.1) is 0 Å². The number of amides is 2. The van der Waals surface area contributed by atoms with Gasteiger partial charge in [0.05, 0.1) is 20.3 Å². The van der Waals surface area contributed by atoms with Crippen LogP contribution >= 0.6 is 0 Å². The van der Waals surface area contributed by atoms with Crippen molar-refractivity contribution in [3.63, 3.8) is 0 Å². The summed E-state index contributed by atoms with van der Waals surface area (Å²) in [5, 5.41) is 2.82. The van der Waals surface area contributed by atoms with E-state index in [1.165, 1.54) is 14.2 Å². The van der Waals surface area contributed by atoms with E-state index in [9.17, 15) is 9.59 Å². The van der Waals surface area contributed by atoms with Gasteiger partial charge in [-0.1, -0.05) is 25.0 Å². The van der Waals surface area contributed by atoms with Crippen LogP contribution in [0.1, 0.15) is 36.0 Å². The average molecular weight is 370 g/mol. The van der Waals surface area contributed by atoms with Gasteiger partial charge < -0.3 is 20.5 Å². The van der Waals surface area contributed by atoms with Gasteiger partial charge in [-0.05, 0) is 25.0 Å². The van der Waals surface area contributed by atoms with Crippen molar-refractivity contribution in [1.82, 2.24) is 15.3 Å². The summed E-state index contributed by atoms with van der Waals surface area (Å²) in [6.45, 7) is 0. The smallest absolute Gasteiger partial charge is 0.252 e. The molecule has 0 radical (unpaired) electrons. The Morgan fingerprint density at radius 2 is 1.59 bits per heavy atom. The molecule has 1 aromatic heterocycles. The van der Waals surface area contributed by atoms with Crippen LogP contribution < -0.4 is 20.5 Å². The van der Waals surface area contributed by atoms with Gasteiger partial charge in [0.25, 0.3) is 5.91 Å². The second-order valence-electron chi connectivity index (χ2n) is 6.46. The van der Waals surface area contributed by atoms with Crippen LogP contribution in [0.4, 0.5) is 0 Å². The number of ether oxygens (including phenoxy) is 2. The SMILES string of the molecule is COc1cc(OC)nc(-c2ccc(C(=O)NC3(C(N)=O)CCCC3)cc2)n1. The second-order valence-corrected chi connectivity index (χ2v) is 6.46. The number of hydrogen-bond acceptors (Lipinski definition) is 6. The minimum absolute atomic E-state index is 0.327. The van der Waals surface area contributed by atoms with E-state index in [-0.39, 0.29) is 5.91 Å². The summed E-state index contributed by atoms with van der Waals surface area (Å²) in [6.07, 6.45) is 2.89. The third-order valence-electron chi connectivity index (χ3n) is 4.78. The summed E-state index contributed by atoms with van der Waals surface area (Å²) < 4.78 is 10.3. The topological polar surface area (TPSA) is 116 Å². The fourth-order valence-corrected chi connectivity index (χ4v) is 3.21. The Kier molecular flexibility index (Phi) is 5.25. The number of carbonyl (C=O) groups is 2. The summed E-state index contributed by atoms with van der Waals surface area (Å²) in [7, 11) is 3.02. The summed E-state index contributed by atoms with van der Waals surface area (Å²) >= 11 is 0. The Labute approximate surface area is 157 Å². The number of hydrogen-bond donors (Lipinski definition) is 2. The van der Waals surface area contributed by atoms with Crippen LogP contribution in [-0.4, -0.2) is 41.5 Å². The summed E-state index contributed by atoms with van der Waals surface area (Å²) in [6, 6.07) is 8.35. The van der Waals surface area contributed by atoms with E-state index in [4.69, 9.17) is 15.2 Å². The van der Waals surface area contributed by atoms with E-state index < -0.39 is 11.4 Å². The molecule has 3 rings (SSSR count). The van der Waals surface area contributed by atoms with E-state index in [0.717, 1.165) is 12.8 Å². The van der Waals surface area contributed by atoms with E-state index >= 15 is 0 Å². The number of carbonyl (C=O) groups excluding carboxylic acids is 2. The fraction of sp³-hybridized carbons (Fsp3) is 0.368. The largest absolute Gasteiger partial charge is 0.481 e. The monoisotopic (exact) mass is 370 g/mol. The van der Waals surface area contributed by atoms with Crippen LogP contribution in [0.15, 0.2) is 30.3 Å². The number of nitrogens with one attached hydrogen (secondary N) is 1. The molecule has 1 saturated carbocycles. The van der Waals surface area contributed by atoms with Crippen molar-refractivity contribution in [3.05, 3.63) is 35.9 Å². The number of aromatic nitrogens is 2. The van der Waals surface area contributed by atoms with Gasteiger partial charge in [0.15, 0.2) is 5.82 Å². The van der Waals surface area contributed by atoms with Crippen LogP contribution in [0.25, 0.3) is 11.4 Å². The zero-order chi connectivity index (χ0) is 19.4. The number of benzene rings is 1. The molecule has 0 saturated heterocycles. The molecule has 1 aliphatic rings. The van der Waals surface area contributed by atoms with Crippen molar-refractivity contribution in [2.75, 3.05) is 14.2 Å². The first-order valence-electron chi connectivity index (χ1n) is 8.67. The molecular weight excluding hydrogens is 348 g/mol. The van der Waals surface area contributed by atoms with Gasteiger partial charge in [-0.25, -0.2) is 0 Å². The van der Waals surface area contributed by atoms with Crippen LogP contribution in [0, 0.1) is 0 Å². The Morgan fingerprint density at radius 1 is 1.04 bits per heavy atom. The predicted molar refractivity (Wildman–Crippen MR) is 98.4 cm³/mol. The molecule has 142 valence electrons. The summed E-state index contributed by atoms with van der Waals surface area (Å²) in [4.78, 5) is 33.0. The van der Waals surface area contributed by atoms with Crippen molar-refractivity contribution < 1.29 is 19.1 Å². The normalized spacial score (nSPS) is 15.2. The fourth-order valence-electron chi connectivity index (χ4n) is 3.21. The highest BCUT2D eigenvalue weighted by atomic mass is 16.5. The Morgan fingerprint density at radius 3 is 2.07 bits per heavy atom. The van der Waals surface area contributed by atoms with Gasteiger partial charge in [0.1, 0.15) is 5.54 Å². The molecule has 0 aliphatic heterocycles. The summed E-state index contributed by atoms with van der Waals surface area (Å²) in [5.74, 6) is 0.363. The van der Waals surface area contributed by atoms with Crippen LogP contribution in [0.3, 0.4) is 0 Å². The quantitative estimate of drug-likeness (QED) is 0.799. The van der Waals surface area contributed by atoms with Gasteiger partial charge in [0.2, 0.25) is 17.7 Å². The first kappa shape index (κ1) is 18.6. The molecule has 1 aliphatic carbocycles. The maximum absolute atomic E-state index is 12.6. The van der Waals surface area contributed by atoms with Gasteiger partial charge in [0, 0.05) is 11.1 Å². The molecule has 1 fully saturated rings. The number of nitrogens with zero attached hydrogens (tertiary/aromatic N) is 2. The first-order valence-corrected chi connectivity index (χ1v) is 8.67. The van der Waals surface area contributed by atoms with E-state index in [1.807, 2.05) is 0 Å². The molecule has 3 N–H and O–H groups in total. The molecule has 1 heterocycles. The lowest BCUT2D eigenvalue weighted by Gasteiger charge is -2.26. The van der Waals surface area contributed by atoms with Crippen molar-refractivity contribution in [1.29, 1.82) is 0 Å². The molecule has 8 nitrogen and oxygen atoms in total. The average Bonchev–Trinajstić information content (AvgIpc) is 3.17. The van der Waals surface area contributed by atoms with Gasteiger partial charge >= 0.3 is 0 Å². The number of methoxy groups -OCH3 is 2. The number of nitrogens with two attached hydrogens (primary N) is 1. The van der Waals surface area contributed by atoms with Crippen molar-refractivity contribution in [3.8, 4) is 23.1 Å².